The molecule has 0 radical (unpaired) electrons. The van der Waals surface area contributed by atoms with Crippen LogP contribution in [-0.4, -0.2) is 20.5 Å². The van der Waals surface area contributed by atoms with Gasteiger partial charge in [0.15, 0.2) is 10.8 Å². The highest BCUT2D eigenvalue weighted by atomic mass is 32.2. The van der Waals surface area contributed by atoms with E-state index in [9.17, 15) is 4.79 Å². The number of aryl methyl sites for hydroxylation is 1. The Hall–Kier alpha value is -3.12. The molecule has 1 N–H and O–H groups in total. The monoisotopic (exact) mass is 414 g/mol. The maximum atomic E-state index is 12.8. The smallest absolute Gasteiger partial charge is 0.251 e. The van der Waals surface area contributed by atoms with Crippen LogP contribution >= 0.6 is 11.8 Å². The van der Waals surface area contributed by atoms with E-state index < -0.39 is 0 Å². The van der Waals surface area contributed by atoms with Crippen LogP contribution < -0.4 is 5.32 Å². The highest BCUT2D eigenvalue weighted by Crippen LogP contribution is 2.29. The van der Waals surface area contributed by atoms with Gasteiger partial charge in [-0.3, -0.25) is 9.20 Å². The van der Waals surface area contributed by atoms with Gasteiger partial charge in [0.1, 0.15) is 0 Å². The second-order valence-electron chi connectivity index (χ2n) is 7.51. The van der Waals surface area contributed by atoms with Crippen molar-refractivity contribution in [2.45, 2.75) is 36.2 Å². The predicted molar refractivity (Wildman–Crippen MR) is 119 cm³/mol. The molecule has 1 amide bonds. The number of hydrogen-bond donors (Lipinski definition) is 1. The topological polar surface area (TPSA) is 59.3 Å². The summed E-state index contributed by atoms with van der Waals surface area (Å²) < 4.78 is 1.98. The summed E-state index contributed by atoms with van der Waals surface area (Å²) in [7, 11) is 0. The van der Waals surface area contributed by atoms with Crippen molar-refractivity contribution in [2.24, 2.45) is 0 Å². The first-order chi connectivity index (χ1) is 14.8. The van der Waals surface area contributed by atoms with E-state index in [1.807, 2.05) is 59.1 Å². The number of rotatable bonds is 5. The summed E-state index contributed by atoms with van der Waals surface area (Å²) in [6.07, 6.45) is 5.16. The lowest BCUT2D eigenvalue weighted by Crippen LogP contribution is -2.30. The second-order valence-corrected chi connectivity index (χ2v) is 8.46. The summed E-state index contributed by atoms with van der Waals surface area (Å²) in [4.78, 5) is 12.8. The summed E-state index contributed by atoms with van der Waals surface area (Å²) in [5.41, 5.74) is 5.29. The van der Waals surface area contributed by atoms with Crippen molar-refractivity contribution in [3.05, 3.63) is 95.2 Å². The van der Waals surface area contributed by atoms with Gasteiger partial charge in [-0.25, -0.2) is 0 Å². The van der Waals surface area contributed by atoms with Crippen LogP contribution in [0.5, 0.6) is 0 Å². The maximum absolute atomic E-state index is 12.8. The number of amides is 1. The van der Waals surface area contributed by atoms with Gasteiger partial charge in [0.2, 0.25) is 0 Å². The van der Waals surface area contributed by atoms with Crippen molar-refractivity contribution >= 4 is 23.3 Å². The molecule has 4 aromatic rings. The van der Waals surface area contributed by atoms with Crippen LogP contribution in [0.1, 0.15) is 45.9 Å². The molecule has 0 saturated heterocycles. The van der Waals surface area contributed by atoms with Gasteiger partial charge in [-0.2, -0.15) is 0 Å². The van der Waals surface area contributed by atoms with Crippen molar-refractivity contribution < 1.29 is 4.79 Å². The molecule has 0 bridgehead atoms. The van der Waals surface area contributed by atoms with Gasteiger partial charge >= 0.3 is 0 Å². The van der Waals surface area contributed by atoms with E-state index in [1.54, 1.807) is 11.8 Å². The lowest BCUT2D eigenvalue weighted by atomic mass is 9.87. The Morgan fingerprint density at radius 2 is 1.87 bits per heavy atom. The fraction of sp³-hybridized carbons (Fsp3) is 0.208. The number of carbonyl (C=O) groups is 1. The first-order valence-electron chi connectivity index (χ1n) is 10.2. The number of nitrogens with one attached hydrogen (secondary N) is 1. The SMILES string of the molecule is O=C(N[C@@H]1CCCc2ccccc21)c1ccc(CSc2nnc3ccccn23)cc1. The average molecular weight is 415 g/mol. The van der Waals surface area contributed by atoms with Crippen molar-refractivity contribution in [2.75, 3.05) is 0 Å². The minimum atomic E-state index is -0.0145. The van der Waals surface area contributed by atoms with Crippen LogP contribution in [0.25, 0.3) is 5.65 Å². The van der Waals surface area contributed by atoms with Gasteiger partial charge in [-0.1, -0.05) is 54.2 Å². The zero-order valence-electron chi connectivity index (χ0n) is 16.5. The van der Waals surface area contributed by atoms with Gasteiger partial charge in [-0.15, -0.1) is 10.2 Å². The third-order valence-electron chi connectivity index (χ3n) is 5.54. The summed E-state index contributed by atoms with van der Waals surface area (Å²) >= 11 is 1.63. The first-order valence-corrected chi connectivity index (χ1v) is 11.2. The molecule has 1 atom stereocenters. The Labute approximate surface area is 179 Å². The molecule has 150 valence electrons. The molecule has 1 aliphatic carbocycles. The standard InChI is InChI=1S/C24H22N4OS/c29-23(25-21-9-5-7-18-6-1-2-8-20(18)21)19-13-11-17(12-14-19)16-30-24-27-26-22-10-3-4-15-28(22)24/h1-4,6,8,10-15,21H,5,7,9,16H2,(H,25,29)/t21-/m1/s1. The summed E-state index contributed by atoms with van der Waals surface area (Å²) in [5.74, 6) is 0.757. The molecule has 1 aliphatic rings. The number of pyridine rings is 1. The number of benzene rings is 2. The maximum Gasteiger partial charge on any atom is 0.251 e. The molecule has 2 aromatic carbocycles. The molecule has 0 saturated carbocycles. The molecule has 0 unspecified atom stereocenters. The van der Waals surface area contributed by atoms with Gasteiger partial charge in [-0.05, 0) is 60.2 Å². The zero-order chi connectivity index (χ0) is 20.3. The number of carbonyl (C=O) groups excluding carboxylic acids is 1. The number of aromatic nitrogens is 3. The van der Waals surface area contributed by atoms with Crippen molar-refractivity contribution in [3.63, 3.8) is 0 Å². The fourth-order valence-corrected chi connectivity index (χ4v) is 4.84. The van der Waals surface area contributed by atoms with Crippen molar-refractivity contribution in [3.8, 4) is 0 Å². The minimum absolute atomic E-state index is 0.0145. The van der Waals surface area contributed by atoms with Gasteiger partial charge in [0, 0.05) is 17.5 Å². The normalized spacial score (nSPS) is 15.7. The molecule has 0 spiro atoms. The second kappa shape index (κ2) is 8.32. The molecule has 0 aliphatic heterocycles. The number of fused-ring (bicyclic) bond motifs is 2. The van der Waals surface area contributed by atoms with E-state index in [2.05, 4.69) is 33.7 Å². The minimum Gasteiger partial charge on any atom is -0.345 e. The molecule has 2 aromatic heterocycles. The lowest BCUT2D eigenvalue weighted by Gasteiger charge is -2.26. The molecular formula is C24H22N4OS. The van der Waals surface area contributed by atoms with E-state index in [-0.39, 0.29) is 11.9 Å². The van der Waals surface area contributed by atoms with Crippen LogP contribution in [0.15, 0.2) is 78.1 Å². The van der Waals surface area contributed by atoms with Crippen molar-refractivity contribution in [1.29, 1.82) is 0 Å². The Bertz CT molecular complexity index is 1190. The van der Waals surface area contributed by atoms with E-state index in [1.165, 1.54) is 11.1 Å². The van der Waals surface area contributed by atoms with Crippen molar-refractivity contribution in [1.82, 2.24) is 19.9 Å². The van der Waals surface area contributed by atoms with E-state index in [0.29, 0.717) is 5.56 Å². The van der Waals surface area contributed by atoms with Gasteiger partial charge < -0.3 is 5.32 Å². The number of nitrogens with zero attached hydrogens (tertiary/aromatic N) is 3. The molecule has 2 heterocycles. The molecule has 0 fully saturated rings. The van der Waals surface area contributed by atoms with Gasteiger partial charge in [0.25, 0.3) is 5.91 Å². The lowest BCUT2D eigenvalue weighted by molar-refractivity contribution is 0.0932. The third kappa shape index (κ3) is 3.83. The van der Waals surface area contributed by atoms with E-state index in [4.69, 9.17) is 0 Å². The average Bonchev–Trinajstić information content (AvgIpc) is 3.21. The summed E-state index contributed by atoms with van der Waals surface area (Å²) in [5, 5.41) is 12.5. The molecule has 6 heteroatoms. The number of hydrogen-bond acceptors (Lipinski definition) is 4. The Kier molecular flexibility index (Phi) is 5.24. The Morgan fingerprint density at radius 1 is 1.03 bits per heavy atom. The first kappa shape index (κ1) is 18.9. The largest absolute Gasteiger partial charge is 0.345 e. The Balaban J connectivity index is 1.23. The molecule has 5 nitrogen and oxygen atoms in total. The van der Waals surface area contributed by atoms with Crippen LogP contribution in [0.2, 0.25) is 0 Å². The van der Waals surface area contributed by atoms with Gasteiger partial charge in [0.05, 0.1) is 6.04 Å². The van der Waals surface area contributed by atoms with E-state index in [0.717, 1.165) is 41.4 Å². The molecular weight excluding hydrogens is 392 g/mol. The van der Waals surface area contributed by atoms with Crippen LogP contribution in [-0.2, 0) is 12.2 Å². The molecule has 30 heavy (non-hydrogen) atoms. The fourth-order valence-electron chi connectivity index (χ4n) is 3.96. The van der Waals surface area contributed by atoms with Crippen LogP contribution in [0.3, 0.4) is 0 Å². The quantitative estimate of drug-likeness (QED) is 0.475. The molecule has 5 rings (SSSR count). The zero-order valence-corrected chi connectivity index (χ0v) is 17.3. The highest BCUT2D eigenvalue weighted by molar-refractivity contribution is 7.98. The summed E-state index contributed by atoms with van der Waals surface area (Å²) in [6.45, 7) is 0. The highest BCUT2D eigenvalue weighted by Gasteiger charge is 2.21. The van der Waals surface area contributed by atoms with Crippen LogP contribution in [0, 0.1) is 0 Å². The third-order valence-corrected chi connectivity index (χ3v) is 6.56. The Morgan fingerprint density at radius 3 is 2.77 bits per heavy atom. The number of thioether (sulfide) groups is 1. The van der Waals surface area contributed by atoms with Crippen LogP contribution in [0.4, 0.5) is 0 Å². The summed E-state index contributed by atoms with van der Waals surface area (Å²) in [6, 6.07) is 22.2. The predicted octanol–water partition coefficient (Wildman–Crippen LogP) is 4.83. The van der Waals surface area contributed by atoms with E-state index >= 15 is 0 Å².